The molecule has 0 saturated heterocycles. The molecule has 2 rings (SSSR count). The predicted molar refractivity (Wildman–Crippen MR) is 59.7 cm³/mol. The number of aryl methyl sites for hydroxylation is 2. The Labute approximate surface area is 97.9 Å². The molecule has 2 aromatic rings. The summed E-state index contributed by atoms with van der Waals surface area (Å²) in [6.45, 7) is 2.30. The second-order valence-corrected chi connectivity index (χ2v) is 3.75. The van der Waals surface area contributed by atoms with Crippen LogP contribution in [0, 0.1) is 12.7 Å². The van der Waals surface area contributed by atoms with Crippen molar-refractivity contribution in [3.63, 3.8) is 0 Å². The Hall–Kier alpha value is -1.82. The van der Waals surface area contributed by atoms with Gasteiger partial charge in [-0.3, -0.25) is 0 Å². The summed E-state index contributed by atoms with van der Waals surface area (Å²) in [5.74, 6) is 0.215. The van der Waals surface area contributed by atoms with Gasteiger partial charge in [0.15, 0.2) is 0 Å². The molecule has 0 fully saturated rings. The minimum absolute atomic E-state index is 0.0898. The van der Waals surface area contributed by atoms with Gasteiger partial charge in [0.25, 0.3) is 0 Å². The molecule has 1 aromatic carbocycles. The van der Waals surface area contributed by atoms with Crippen LogP contribution < -0.4 is 0 Å². The fraction of sp³-hybridized carbons (Fsp3) is 0.364. The zero-order chi connectivity index (χ0) is 12.3. The minimum atomic E-state index is -0.249. The van der Waals surface area contributed by atoms with Gasteiger partial charge < -0.3 is 5.11 Å². The zero-order valence-corrected chi connectivity index (χ0v) is 9.47. The molecule has 0 aliphatic carbocycles. The standard InChI is InChI=1S/C11H13FN4O/c1-8-7-9(3-4-10(8)12)11-13-15-16(14-11)5-2-6-17/h3-4,7,17H,2,5-6H2,1H3. The minimum Gasteiger partial charge on any atom is -0.396 e. The highest BCUT2D eigenvalue weighted by molar-refractivity contribution is 5.54. The average Bonchev–Trinajstić information content (AvgIpc) is 2.79. The van der Waals surface area contributed by atoms with E-state index in [1.54, 1.807) is 19.1 Å². The monoisotopic (exact) mass is 236 g/mol. The Bertz CT molecular complexity index is 512. The third-order valence-electron chi connectivity index (χ3n) is 2.39. The summed E-state index contributed by atoms with van der Waals surface area (Å²) in [6, 6.07) is 4.69. The molecular weight excluding hydrogens is 223 g/mol. The maximum Gasteiger partial charge on any atom is 0.204 e. The molecule has 0 atom stereocenters. The Kier molecular flexibility index (Phi) is 3.43. The summed E-state index contributed by atoms with van der Waals surface area (Å²) >= 11 is 0. The Morgan fingerprint density at radius 2 is 2.24 bits per heavy atom. The van der Waals surface area contributed by atoms with Gasteiger partial charge in [0.05, 0.1) is 6.54 Å². The number of benzene rings is 1. The SMILES string of the molecule is Cc1cc(-c2nnn(CCCO)n2)ccc1F. The molecule has 1 heterocycles. The maximum absolute atomic E-state index is 13.1. The Balaban J connectivity index is 2.21. The molecule has 0 spiro atoms. The number of halogens is 1. The molecular formula is C11H13FN4O. The normalized spacial score (nSPS) is 10.8. The van der Waals surface area contributed by atoms with Crippen molar-refractivity contribution in [2.75, 3.05) is 6.61 Å². The van der Waals surface area contributed by atoms with Crippen molar-refractivity contribution in [2.45, 2.75) is 19.9 Å². The molecule has 0 unspecified atom stereocenters. The summed E-state index contributed by atoms with van der Waals surface area (Å²) in [6.07, 6.45) is 0.582. The topological polar surface area (TPSA) is 63.8 Å². The van der Waals surface area contributed by atoms with Crippen LogP contribution in [0.4, 0.5) is 4.39 Å². The molecule has 17 heavy (non-hydrogen) atoms. The lowest BCUT2D eigenvalue weighted by molar-refractivity contribution is 0.272. The molecule has 0 aliphatic rings. The first-order valence-electron chi connectivity index (χ1n) is 5.36. The maximum atomic E-state index is 13.1. The van der Waals surface area contributed by atoms with E-state index in [4.69, 9.17) is 5.11 Å². The first-order chi connectivity index (χ1) is 8.20. The van der Waals surface area contributed by atoms with Crippen molar-refractivity contribution < 1.29 is 9.50 Å². The highest BCUT2D eigenvalue weighted by Gasteiger charge is 2.07. The molecule has 90 valence electrons. The van der Waals surface area contributed by atoms with Crippen LogP contribution in [-0.2, 0) is 6.54 Å². The third kappa shape index (κ3) is 2.65. The first-order valence-corrected chi connectivity index (χ1v) is 5.36. The van der Waals surface area contributed by atoms with Crippen molar-refractivity contribution in [3.8, 4) is 11.4 Å². The molecule has 6 heteroatoms. The predicted octanol–water partition coefficient (Wildman–Crippen LogP) is 1.17. The number of aliphatic hydroxyl groups excluding tert-OH is 1. The molecule has 0 bridgehead atoms. The van der Waals surface area contributed by atoms with Crippen LogP contribution in [0.2, 0.25) is 0 Å². The summed E-state index contributed by atoms with van der Waals surface area (Å²) in [7, 11) is 0. The van der Waals surface area contributed by atoms with E-state index in [9.17, 15) is 4.39 Å². The molecule has 0 radical (unpaired) electrons. The smallest absolute Gasteiger partial charge is 0.204 e. The molecule has 0 aliphatic heterocycles. The van der Waals surface area contributed by atoms with Gasteiger partial charge in [-0.1, -0.05) is 0 Å². The van der Waals surface area contributed by atoms with Crippen molar-refractivity contribution in [1.82, 2.24) is 20.2 Å². The largest absolute Gasteiger partial charge is 0.396 e. The van der Waals surface area contributed by atoms with E-state index in [0.717, 1.165) is 5.56 Å². The van der Waals surface area contributed by atoms with E-state index in [-0.39, 0.29) is 12.4 Å². The number of rotatable bonds is 4. The van der Waals surface area contributed by atoms with Crippen molar-refractivity contribution in [1.29, 1.82) is 0 Å². The van der Waals surface area contributed by atoms with Gasteiger partial charge in [0.1, 0.15) is 5.82 Å². The van der Waals surface area contributed by atoms with Crippen LogP contribution in [0.3, 0.4) is 0 Å². The third-order valence-corrected chi connectivity index (χ3v) is 2.39. The van der Waals surface area contributed by atoms with E-state index in [0.29, 0.717) is 24.4 Å². The average molecular weight is 236 g/mol. The van der Waals surface area contributed by atoms with E-state index < -0.39 is 0 Å². The van der Waals surface area contributed by atoms with E-state index >= 15 is 0 Å². The van der Waals surface area contributed by atoms with Gasteiger partial charge in [-0.25, -0.2) is 4.39 Å². The van der Waals surface area contributed by atoms with Crippen LogP contribution in [0.5, 0.6) is 0 Å². The van der Waals surface area contributed by atoms with Gasteiger partial charge in [-0.15, -0.1) is 10.2 Å². The van der Waals surface area contributed by atoms with Gasteiger partial charge in [-0.2, -0.15) is 4.80 Å². The number of aliphatic hydroxyl groups is 1. The van der Waals surface area contributed by atoms with Crippen LogP contribution >= 0.6 is 0 Å². The summed E-state index contributed by atoms with van der Waals surface area (Å²) in [4.78, 5) is 1.42. The lowest BCUT2D eigenvalue weighted by Crippen LogP contribution is -2.04. The molecule has 0 amide bonds. The fourth-order valence-corrected chi connectivity index (χ4v) is 1.45. The quantitative estimate of drug-likeness (QED) is 0.865. The highest BCUT2D eigenvalue weighted by Crippen LogP contribution is 2.17. The van der Waals surface area contributed by atoms with Crippen molar-refractivity contribution >= 4 is 0 Å². The van der Waals surface area contributed by atoms with Gasteiger partial charge in [0.2, 0.25) is 5.82 Å². The first kappa shape index (κ1) is 11.7. The number of tetrazole rings is 1. The Morgan fingerprint density at radius 1 is 1.41 bits per heavy atom. The molecule has 0 saturated carbocycles. The summed E-state index contributed by atoms with van der Waals surface area (Å²) < 4.78 is 13.1. The Morgan fingerprint density at radius 3 is 2.94 bits per heavy atom. The molecule has 1 N–H and O–H groups in total. The van der Waals surface area contributed by atoms with Gasteiger partial charge >= 0.3 is 0 Å². The summed E-state index contributed by atoms with van der Waals surface area (Å²) in [5, 5.41) is 20.6. The van der Waals surface area contributed by atoms with Crippen LogP contribution in [0.1, 0.15) is 12.0 Å². The van der Waals surface area contributed by atoms with Crippen LogP contribution in [-0.4, -0.2) is 31.9 Å². The van der Waals surface area contributed by atoms with Crippen LogP contribution in [0.25, 0.3) is 11.4 Å². The van der Waals surface area contributed by atoms with E-state index in [2.05, 4.69) is 15.4 Å². The van der Waals surface area contributed by atoms with E-state index in [1.807, 2.05) is 0 Å². The zero-order valence-electron chi connectivity index (χ0n) is 9.47. The second kappa shape index (κ2) is 5.01. The fourth-order valence-electron chi connectivity index (χ4n) is 1.45. The summed E-state index contributed by atoms with van der Waals surface area (Å²) in [5.41, 5.74) is 1.29. The number of hydrogen-bond donors (Lipinski definition) is 1. The van der Waals surface area contributed by atoms with Crippen molar-refractivity contribution in [2.24, 2.45) is 0 Å². The van der Waals surface area contributed by atoms with Gasteiger partial charge in [-0.05, 0) is 42.3 Å². The van der Waals surface area contributed by atoms with Crippen LogP contribution in [0.15, 0.2) is 18.2 Å². The van der Waals surface area contributed by atoms with E-state index in [1.165, 1.54) is 10.9 Å². The van der Waals surface area contributed by atoms with Crippen molar-refractivity contribution in [3.05, 3.63) is 29.6 Å². The lowest BCUT2D eigenvalue weighted by atomic mass is 10.1. The number of hydrogen-bond acceptors (Lipinski definition) is 4. The number of nitrogens with zero attached hydrogens (tertiary/aromatic N) is 4. The molecule has 1 aromatic heterocycles. The lowest BCUT2D eigenvalue weighted by Gasteiger charge is -1.98. The molecule has 5 nitrogen and oxygen atoms in total. The second-order valence-electron chi connectivity index (χ2n) is 3.75. The number of aromatic nitrogens is 4. The highest BCUT2D eigenvalue weighted by atomic mass is 19.1. The van der Waals surface area contributed by atoms with Gasteiger partial charge in [0, 0.05) is 12.2 Å².